The molecule has 14 heteroatoms. The molecule has 2 amide bonds. The van der Waals surface area contributed by atoms with Crippen molar-refractivity contribution in [2.45, 2.75) is 92.5 Å². The summed E-state index contributed by atoms with van der Waals surface area (Å²) in [7, 11) is 2.79. The molecule has 2 atom stereocenters. The average molecular weight is 767 g/mol. The van der Waals surface area contributed by atoms with E-state index in [1.807, 2.05) is 0 Å². The number of allylic oxidation sites excluding steroid dienone is 3. The molecule has 0 saturated heterocycles. The quantitative estimate of drug-likeness (QED) is 0.0539. The summed E-state index contributed by atoms with van der Waals surface area (Å²) >= 11 is 0. The van der Waals surface area contributed by atoms with Gasteiger partial charge in [0.25, 0.3) is 0 Å². The first-order valence-electron chi connectivity index (χ1n) is 17.6. The van der Waals surface area contributed by atoms with E-state index in [1.165, 1.54) is 50.7 Å². The number of amides is 2. The highest BCUT2D eigenvalue weighted by molar-refractivity contribution is 6.02. The van der Waals surface area contributed by atoms with Crippen LogP contribution < -0.4 is 29.6 Å². The standard InChI is InChI=1S/C41H54N2O12/c1-24(2)34(42-38(48)54-40(5,6)7)36(46)52-30-19-15-26(21-32(30)50-11)13-17-28(44)23-29(45)18-14-27-16-20-31(33(22-27)51-12)53-37(47)35(25(3)4)43-39(49)55-41(8,9)10/h13-25,34-35,44H,1-12H3,(H,42,48)(H,43,49)/t34-,35-/m0/s1. The zero-order chi connectivity index (χ0) is 41.7. The van der Waals surface area contributed by atoms with Crippen LogP contribution in [-0.2, 0) is 23.9 Å². The molecule has 0 aliphatic carbocycles. The van der Waals surface area contributed by atoms with E-state index < -0.39 is 53.2 Å². The second-order valence-electron chi connectivity index (χ2n) is 15.0. The van der Waals surface area contributed by atoms with E-state index in [0.29, 0.717) is 11.1 Å². The van der Waals surface area contributed by atoms with E-state index in [1.54, 1.807) is 93.5 Å². The molecule has 2 rings (SSSR count). The second-order valence-corrected chi connectivity index (χ2v) is 15.0. The molecule has 14 nitrogen and oxygen atoms in total. The lowest BCUT2D eigenvalue weighted by Gasteiger charge is -2.24. The molecule has 0 saturated carbocycles. The summed E-state index contributed by atoms with van der Waals surface area (Å²) in [6.07, 6.45) is 5.07. The van der Waals surface area contributed by atoms with Crippen LogP contribution in [0.1, 0.15) is 80.4 Å². The molecular weight excluding hydrogens is 712 g/mol. The van der Waals surface area contributed by atoms with Gasteiger partial charge in [-0.15, -0.1) is 0 Å². The number of esters is 2. The molecule has 0 unspecified atom stereocenters. The van der Waals surface area contributed by atoms with Gasteiger partial charge in [-0.3, -0.25) is 4.79 Å². The van der Waals surface area contributed by atoms with E-state index in [9.17, 15) is 29.1 Å². The van der Waals surface area contributed by atoms with Crippen molar-refractivity contribution in [1.82, 2.24) is 10.6 Å². The maximum atomic E-state index is 13.0. The monoisotopic (exact) mass is 766 g/mol. The number of ether oxygens (including phenoxy) is 6. The van der Waals surface area contributed by atoms with Crippen LogP contribution in [0.25, 0.3) is 12.2 Å². The first-order chi connectivity index (χ1) is 25.5. The van der Waals surface area contributed by atoms with Gasteiger partial charge in [-0.1, -0.05) is 52.0 Å². The van der Waals surface area contributed by atoms with E-state index in [-0.39, 0.29) is 40.6 Å². The van der Waals surface area contributed by atoms with Gasteiger partial charge in [-0.05, 0) is 101 Å². The maximum absolute atomic E-state index is 13.0. The molecule has 55 heavy (non-hydrogen) atoms. The number of ketones is 1. The smallest absolute Gasteiger partial charge is 0.408 e. The minimum absolute atomic E-state index is 0.105. The van der Waals surface area contributed by atoms with Crippen molar-refractivity contribution in [2.24, 2.45) is 11.8 Å². The summed E-state index contributed by atoms with van der Waals surface area (Å²) < 4.78 is 32.4. The Balaban J connectivity index is 2.10. The van der Waals surface area contributed by atoms with E-state index in [4.69, 9.17) is 28.4 Å². The summed E-state index contributed by atoms with van der Waals surface area (Å²) in [5.74, 6) is -2.26. The van der Waals surface area contributed by atoms with Crippen molar-refractivity contribution in [2.75, 3.05) is 14.2 Å². The number of carbonyl (C=O) groups excluding carboxylic acids is 5. The van der Waals surface area contributed by atoms with Crippen molar-refractivity contribution in [3.8, 4) is 23.0 Å². The van der Waals surface area contributed by atoms with Crippen molar-refractivity contribution >= 4 is 42.1 Å². The van der Waals surface area contributed by atoms with Crippen LogP contribution in [0.3, 0.4) is 0 Å². The Labute approximate surface area is 322 Å². The fourth-order valence-corrected chi connectivity index (χ4v) is 4.55. The third-order valence-electron chi connectivity index (χ3n) is 7.16. The number of alkyl carbamates (subject to hydrolysis) is 2. The predicted molar refractivity (Wildman–Crippen MR) is 207 cm³/mol. The van der Waals surface area contributed by atoms with Gasteiger partial charge in [-0.2, -0.15) is 0 Å². The Morgan fingerprint density at radius 3 is 1.35 bits per heavy atom. The topological polar surface area (TPSA) is 185 Å². The number of carbonyl (C=O) groups is 5. The molecule has 0 fully saturated rings. The van der Waals surface area contributed by atoms with Crippen molar-refractivity contribution in [3.63, 3.8) is 0 Å². The SMILES string of the molecule is COc1cc(C=CC(=O)C=C(O)C=Cc2ccc(OC(=O)[C@@H](NC(=O)OC(C)(C)C)C(C)C)c(OC)c2)ccc1OC(=O)[C@@H](NC(=O)OC(C)(C)C)C(C)C. The molecular formula is C41H54N2O12. The summed E-state index contributed by atoms with van der Waals surface area (Å²) in [6, 6.07) is 7.33. The third kappa shape index (κ3) is 16.0. The number of benzene rings is 2. The van der Waals surface area contributed by atoms with Gasteiger partial charge in [0, 0.05) is 6.08 Å². The van der Waals surface area contributed by atoms with Gasteiger partial charge in [0.05, 0.1) is 14.2 Å². The number of hydrogen-bond donors (Lipinski definition) is 3. The average Bonchev–Trinajstić information content (AvgIpc) is 3.06. The zero-order valence-electron chi connectivity index (χ0n) is 33.6. The largest absolute Gasteiger partial charge is 0.508 e. The van der Waals surface area contributed by atoms with Gasteiger partial charge in [0.2, 0.25) is 0 Å². The number of aliphatic hydroxyl groups is 1. The molecule has 2 aromatic carbocycles. The third-order valence-corrected chi connectivity index (χ3v) is 7.16. The highest BCUT2D eigenvalue weighted by Gasteiger charge is 2.30. The van der Waals surface area contributed by atoms with Crippen LogP contribution in [0.5, 0.6) is 23.0 Å². The normalized spacial score (nSPS) is 13.3. The fourth-order valence-electron chi connectivity index (χ4n) is 4.55. The van der Waals surface area contributed by atoms with Crippen LogP contribution >= 0.6 is 0 Å². The maximum Gasteiger partial charge on any atom is 0.408 e. The van der Waals surface area contributed by atoms with Gasteiger partial charge >= 0.3 is 24.1 Å². The summed E-state index contributed by atoms with van der Waals surface area (Å²) in [5, 5.41) is 15.5. The van der Waals surface area contributed by atoms with Gasteiger partial charge in [-0.25, -0.2) is 19.2 Å². The zero-order valence-corrected chi connectivity index (χ0v) is 33.6. The lowest BCUT2D eigenvalue weighted by Crippen LogP contribution is -2.48. The summed E-state index contributed by atoms with van der Waals surface area (Å²) in [4.78, 5) is 63.1. The Hall–Kier alpha value is -5.79. The lowest BCUT2D eigenvalue weighted by molar-refractivity contribution is -0.138. The minimum Gasteiger partial charge on any atom is -0.508 e. The fraction of sp³-hybridized carbons (Fsp3) is 0.439. The first kappa shape index (κ1) is 45.4. The molecule has 0 aromatic heterocycles. The molecule has 3 N–H and O–H groups in total. The van der Waals surface area contributed by atoms with Crippen LogP contribution in [0.2, 0.25) is 0 Å². The Kier molecular flexibility index (Phi) is 16.5. The molecule has 2 aromatic rings. The van der Waals surface area contributed by atoms with Crippen LogP contribution in [0, 0.1) is 11.8 Å². The van der Waals surface area contributed by atoms with Gasteiger partial charge in [0.1, 0.15) is 29.0 Å². The summed E-state index contributed by atoms with van der Waals surface area (Å²) in [5.41, 5.74) is -0.403. The van der Waals surface area contributed by atoms with Crippen molar-refractivity contribution < 1.29 is 57.5 Å². The number of methoxy groups -OCH3 is 2. The number of hydrogen-bond acceptors (Lipinski definition) is 12. The van der Waals surface area contributed by atoms with E-state index >= 15 is 0 Å². The van der Waals surface area contributed by atoms with E-state index in [2.05, 4.69) is 10.6 Å². The van der Waals surface area contributed by atoms with Crippen LogP contribution in [-0.4, -0.2) is 72.5 Å². The number of nitrogens with one attached hydrogen (secondary N) is 2. The Morgan fingerprint density at radius 1 is 0.618 bits per heavy atom. The predicted octanol–water partition coefficient (Wildman–Crippen LogP) is 7.35. The van der Waals surface area contributed by atoms with Crippen LogP contribution in [0.15, 0.2) is 60.4 Å². The number of rotatable bonds is 15. The highest BCUT2D eigenvalue weighted by Crippen LogP contribution is 2.31. The second kappa shape index (κ2) is 20.0. The Bertz CT molecular complexity index is 1780. The Morgan fingerprint density at radius 2 is 1.00 bits per heavy atom. The molecule has 0 heterocycles. The van der Waals surface area contributed by atoms with Crippen molar-refractivity contribution in [1.29, 1.82) is 0 Å². The molecule has 0 aliphatic rings. The van der Waals surface area contributed by atoms with Crippen molar-refractivity contribution in [3.05, 3.63) is 71.5 Å². The van der Waals surface area contributed by atoms with Gasteiger partial charge in [0.15, 0.2) is 28.8 Å². The minimum atomic E-state index is -0.990. The highest BCUT2D eigenvalue weighted by atomic mass is 16.6. The number of aliphatic hydroxyl groups excluding tert-OH is 1. The molecule has 0 spiro atoms. The molecule has 0 bridgehead atoms. The molecule has 0 aliphatic heterocycles. The molecule has 0 radical (unpaired) electrons. The summed E-state index contributed by atoms with van der Waals surface area (Å²) in [6.45, 7) is 17.3. The van der Waals surface area contributed by atoms with E-state index in [0.717, 1.165) is 6.08 Å². The lowest BCUT2D eigenvalue weighted by atomic mass is 10.1. The van der Waals surface area contributed by atoms with Crippen LogP contribution in [0.4, 0.5) is 9.59 Å². The van der Waals surface area contributed by atoms with Gasteiger partial charge < -0.3 is 44.2 Å². The molecule has 300 valence electrons. The first-order valence-corrected chi connectivity index (χ1v) is 17.6.